The largest absolute Gasteiger partial charge is 0.478 e. The lowest BCUT2D eigenvalue weighted by Crippen LogP contribution is -2.12. The van der Waals surface area contributed by atoms with Gasteiger partial charge in [0.2, 0.25) is 5.88 Å². The van der Waals surface area contributed by atoms with Crippen LogP contribution in [0, 0.1) is 5.92 Å². The Balaban J connectivity index is 1.75. The van der Waals surface area contributed by atoms with E-state index >= 15 is 0 Å². The number of rotatable bonds is 5. The topological polar surface area (TPSA) is 47.0 Å². The van der Waals surface area contributed by atoms with E-state index in [2.05, 4.69) is 22.2 Å². The van der Waals surface area contributed by atoms with Crippen LogP contribution in [-0.2, 0) is 6.42 Å². The van der Waals surface area contributed by atoms with Gasteiger partial charge in [-0.2, -0.15) is 0 Å². The number of hydrogen-bond acceptors (Lipinski definition) is 4. The van der Waals surface area contributed by atoms with Crippen LogP contribution in [0.2, 0.25) is 0 Å². The molecule has 4 nitrogen and oxygen atoms in total. The van der Waals surface area contributed by atoms with E-state index in [1.54, 1.807) is 6.33 Å². The van der Waals surface area contributed by atoms with Crippen molar-refractivity contribution in [3.63, 3.8) is 0 Å². The van der Waals surface area contributed by atoms with Crippen molar-refractivity contribution in [3.05, 3.63) is 18.1 Å². The fourth-order valence-electron chi connectivity index (χ4n) is 1.94. The molecular formula is C12H19N3O. The second-order valence-electron chi connectivity index (χ2n) is 4.20. The molecule has 1 atom stereocenters. The monoisotopic (exact) mass is 221 g/mol. The molecule has 1 N–H and O–H groups in total. The summed E-state index contributed by atoms with van der Waals surface area (Å²) in [6.07, 6.45) is 4.88. The Morgan fingerprint density at radius 1 is 1.50 bits per heavy atom. The number of aromatic nitrogens is 2. The first-order chi connectivity index (χ1) is 7.88. The van der Waals surface area contributed by atoms with E-state index in [0.29, 0.717) is 5.88 Å². The Morgan fingerprint density at radius 2 is 2.44 bits per heavy atom. The minimum atomic E-state index is 0.706. The summed E-state index contributed by atoms with van der Waals surface area (Å²) in [5.41, 5.74) is 1.03. The van der Waals surface area contributed by atoms with Gasteiger partial charge in [0.15, 0.2) is 0 Å². The molecule has 0 spiro atoms. The first-order valence-corrected chi connectivity index (χ1v) is 6.03. The molecule has 88 valence electrons. The summed E-state index contributed by atoms with van der Waals surface area (Å²) in [5, 5.41) is 3.36. The van der Waals surface area contributed by atoms with E-state index in [9.17, 15) is 0 Å². The molecule has 1 unspecified atom stereocenters. The Morgan fingerprint density at radius 3 is 3.19 bits per heavy atom. The van der Waals surface area contributed by atoms with Crippen molar-refractivity contribution in [1.29, 1.82) is 0 Å². The third-order valence-corrected chi connectivity index (χ3v) is 3.00. The minimum absolute atomic E-state index is 0.706. The summed E-state index contributed by atoms with van der Waals surface area (Å²) in [7, 11) is 0. The molecule has 1 aliphatic heterocycles. The quantitative estimate of drug-likeness (QED) is 0.817. The van der Waals surface area contributed by atoms with Crippen LogP contribution in [0.25, 0.3) is 0 Å². The van der Waals surface area contributed by atoms with Gasteiger partial charge in [-0.3, -0.25) is 0 Å². The van der Waals surface area contributed by atoms with E-state index in [1.807, 2.05) is 6.07 Å². The maximum Gasteiger partial charge on any atom is 0.216 e. The lowest BCUT2D eigenvalue weighted by Gasteiger charge is -2.09. The third kappa shape index (κ3) is 3.17. The van der Waals surface area contributed by atoms with Crippen molar-refractivity contribution in [2.45, 2.75) is 26.2 Å². The average molecular weight is 221 g/mol. The van der Waals surface area contributed by atoms with Gasteiger partial charge >= 0.3 is 0 Å². The first-order valence-electron chi connectivity index (χ1n) is 6.03. The molecule has 0 bridgehead atoms. The third-order valence-electron chi connectivity index (χ3n) is 3.00. The molecule has 0 amide bonds. The predicted octanol–water partition coefficient (Wildman–Crippen LogP) is 1.42. The summed E-state index contributed by atoms with van der Waals surface area (Å²) >= 11 is 0. The molecule has 1 fully saturated rings. The molecule has 2 rings (SSSR count). The van der Waals surface area contributed by atoms with Gasteiger partial charge < -0.3 is 10.1 Å². The van der Waals surface area contributed by atoms with Crippen molar-refractivity contribution in [3.8, 4) is 5.88 Å². The summed E-state index contributed by atoms with van der Waals surface area (Å²) in [6, 6.07) is 1.92. The number of aryl methyl sites for hydroxylation is 1. The number of hydrogen-bond donors (Lipinski definition) is 1. The lowest BCUT2D eigenvalue weighted by atomic mass is 10.1. The molecular weight excluding hydrogens is 202 g/mol. The minimum Gasteiger partial charge on any atom is -0.478 e. The zero-order chi connectivity index (χ0) is 11.2. The molecule has 1 saturated heterocycles. The fraction of sp³-hybridized carbons (Fsp3) is 0.667. The van der Waals surface area contributed by atoms with Crippen LogP contribution in [0.15, 0.2) is 12.4 Å². The highest BCUT2D eigenvalue weighted by molar-refractivity contribution is 5.13. The van der Waals surface area contributed by atoms with Gasteiger partial charge in [-0.05, 0) is 38.3 Å². The first kappa shape index (κ1) is 11.3. The van der Waals surface area contributed by atoms with Crippen LogP contribution < -0.4 is 10.1 Å². The highest BCUT2D eigenvalue weighted by Crippen LogP contribution is 2.13. The van der Waals surface area contributed by atoms with Crippen LogP contribution in [0.3, 0.4) is 0 Å². The molecule has 16 heavy (non-hydrogen) atoms. The van der Waals surface area contributed by atoms with Crippen molar-refractivity contribution in [2.75, 3.05) is 19.7 Å². The van der Waals surface area contributed by atoms with Crippen LogP contribution in [-0.4, -0.2) is 29.7 Å². The van der Waals surface area contributed by atoms with Gasteiger partial charge in [0.1, 0.15) is 6.33 Å². The molecule has 0 aromatic carbocycles. The van der Waals surface area contributed by atoms with Gasteiger partial charge in [-0.15, -0.1) is 0 Å². The molecule has 0 saturated carbocycles. The van der Waals surface area contributed by atoms with E-state index in [1.165, 1.54) is 6.42 Å². The SMILES string of the molecule is CCc1cc(OCCC2CCNC2)ncn1. The van der Waals surface area contributed by atoms with E-state index in [4.69, 9.17) is 4.74 Å². The smallest absolute Gasteiger partial charge is 0.216 e. The van der Waals surface area contributed by atoms with Crippen molar-refractivity contribution in [1.82, 2.24) is 15.3 Å². The molecule has 2 heterocycles. The highest BCUT2D eigenvalue weighted by Gasteiger charge is 2.13. The molecule has 4 heteroatoms. The van der Waals surface area contributed by atoms with Gasteiger partial charge in [0, 0.05) is 11.8 Å². The molecule has 1 aromatic heterocycles. The number of nitrogens with one attached hydrogen (secondary N) is 1. The molecule has 0 radical (unpaired) electrons. The maximum atomic E-state index is 5.63. The zero-order valence-corrected chi connectivity index (χ0v) is 9.78. The molecule has 1 aliphatic rings. The lowest BCUT2D eigenvalue weighted by molar-refractivity contribution is 0.273. The molecule has 0 aliphatic carbocycles. The maximum absolute atomic E-state index is 5.63. The zero-order valence-electron chi connectivity index (χ0n) is 9.78. The van der Waals surface area contributed by atoms with Crippen molar-refractivity contribution >= 4 is 0 Å². The van der Waals surface area contributed by atoms with E-state index in [0.717, 1.165) is 44.1 Å². The summed E-state index contributed by atoms with van der Waals surface area (Å²) in [4.78, 5) is 8.24. The second-order valence-corrected chi connectivity index (χ2v) is 4.20. The summed E-state index contributed by atoms with van der Waals surface area (Å²) in [6.45, 7) is 5.12. The Bertz CT molecular complexity index is 324. The molecule has 1 aromatic rings. The summed E-state index contributed by atoms with van der Waals surface area (Å²) in [5.74, 6) is 1.48. The average Bonchev–Trinajstić information content (AvgIpc) is 2.82. The Labute approximate surface area is 96.4 Å². The van der Waals surface area contributed by atoms with Gasteiger partial charge in [0.25, 0.3) is 0 Å². The predicted molar refractivity (Wildman–Crippen MR) is 62.5 cm³/mol. The van der Waals surface area contributed by atoms with Gasteiger partial charge in [-0.25, -0.2) is 9.97 Å². The van der Waals surface area contributed by atoms with Crippen LogP contribution >= 0.6 is 0 Å². The van der Waals surface area contributed by atoms with Gasteiger partial charge in [0.05, 0.1) is 6.61 Å². The number of ether oxygens (including phenoxy) is 1. The van der Waals surface area contributed by atoms with Crippen molar-refractivity contribution in [2.24, 2.45) is 5.92 Å². The Hall–Kier alpha value is -1.16. The van der Waals surface area contributed by atoms with Gasteiger partial charge in [-0.1, -0.05) is 6.92 Å². The summed E-state index contributed by atoms with van der Waals surface area (Å²) < 4.78 is 5.63. The standard InChI is InChI=1S/C12H19N3O/c1-2-11-7-12(15-9-14-11)16-6-4-10-3-5-13-8-10/h7,9-10,13H,2-6,8H2,1H3. The second kappa shape index (κ2) is 5.80. The highest BCUT2D eigenvalue weighted by atomic mass is 16.5. The normalized spacial score (nSPS) is 19.9. The van der Waals surface area contributed by atoms with Crippen LogP contribution in [0.1, 0.15) is 25.5 Å². The Kier molecular flexibility index (Phi) is 4.10. The van der Waals surface area contributed by atoms with Crippen LogP contribution in [0.5, 0.6) is 5.88 Å². The van der Waals surface area contributed by atoms with Crippen LogP contribution in [0.4, 0.5) is 0 Å². The van der Waals surface area contributed by atoms with E-state index in [-0.39, 0.29) is 0 Å². The number of nitrogens with zero attached hydrogens (tertiary/aromatic N) is 2. The fourth-order valence-corrected chi connectivity index (χ4v) is 1.94. The van der Waals surface area contributed by atoms with E-state index < -0.39 is 0 Å². The van der Waals surface area contributed by atoms with Crippen molar-refractivity contribution < 1.29 is 4.74 Å².